The number of H-pyrrole nitrogens is 1. The van der Waals surface area contributed by atoms with E-state index in [4.69, 9.17) is 4.74 Å². The van der Waals surface area contributed by atoms with Crippen molar-refractivity contribution in [3.63, 3.8) is 0 Å². The molecular formula is C17H21N5O. The van der Waals surface area contributed by atoms with Crippen LogP contribution in [-0.4, -0.2) is 32.9 Å². The molecule has 2 atom stereocenters. The first-order valence-electron chi connectivity index (χ1n) is 8.08. The Morgan fingerprint density at radius 1 is 1.39 bits per heavy atom. The minimum atomic E-state index is 0.111. The Morgan fingerprint density at radius 3 is 3.22 bits per heavy atom. The average molecular weight is 311 g/mol. The third-order valence-corrected chi connectivity index (χ3v) is 4.58. The minimum absolute atomic E-state index is 0.111. The van der Waals surface area contributed by atoms with Gasteiger partial charge < -0.3 is 15.0 Å². The molecule has 1 fully saturated rings. The Bertz CT molecular complexity index is 793. The summed E-state index contributed by atoms with van der Waals surface area (Å²) < 4.78 is 7.96. The summed E-state index contributed by atoms with van der Waals surface area (Å²) in [4.78, 5) is 7.40. The van der Waals surface area contributed by atoms with E-state index in [9.17, 15) is 0 Å². The molecule has 2 N–H and O–H groups in total. The van der Waals surface area contributed by atoms with Gasteiger partial charge in [0.2, 0.25) is 0 Å². The number of anilines is 1. The number of imidazole rings is 1. The van der Waals surface area contributed by atoms with Crippen LogP contribution in [-0.2, 0) is 11.8 Å². The van der Waals surface area contributed by atoms with Crippen LogP contribution in [0.5, 0.6) is 0 Å². The molecule has 0 spiro atoms. The average Bonchev–Trinajstić information content (AvgIpc) is 3.21. The fourth-order valence-corrected chi connectivity index (χ4v) is 3.34. The van der Waals surface area contributed by atoms with Gasteiger partial charge in [-0.15, -0.1) is 0 Å². The number of nitrogens with zero attached hydrogens (tertiary/aromatic N) is 3. The summed E-state index contributed by atoms with van der Waals surface area (Å²) in [5, 5.41) is 7.83. The van der Waals surface area contributed by atoms with Gasteiger partial charge in [0.15, 0.2) is 0 Å². The van der Waals surface area contributed by atoms with E-state index < -0.39 is 0 Å². The topological polar surface area (TPSA) is 67.8 Å². The fraction of sp³-hybridized carbons (Fsp3) is 0.412. The highest BCUT2D eigenvalue weighted by molar-refractivity contribution is 5.78. The first kappa shape index (κ1) is 14.3. The molecule has 3 aromatic rings. The number of hydrogen-bond acceptors (Lipinski definition) is 4. The third-order valence-electron chi connectivity index (χ3n) is 4.58. The zero-order valence-electron chi connectivity index (χ0n) is 13.2. The zero-order chi connectivity index (χ0) is 15.6. The Hall–Kier alpha value is -2.34. The molecule has 1 saturated heterocycles. The molecule has 0 aliphatic carbocycles. The predicted molar refractivity (Wildman–Crippen MR) is 89.2 cm³/mol. The van der Waals surface area contributed by atoms with Gasteiger partial charge in [-0.3, -0.25) is 4.68 Å². The largest absolute Gasteiger partial charge is 0.385 e. The number of aromatic amines is 1. The van der Waals surface area contributed by atoms with Crippen LogP contribution < -0.4 is 5.32 Å². The molecule has 2 aromatic heterocycles. The fourth-order valence-electron chi connectivity index (χ4n) is 3.34. The highest BCUT2D eigenvalue weighted by Crippen LogP contribution is 2.33. The normalized spacial score (nSPS) is 21.6. The van der Waals surface area contributed by atoms with Crippen LogP contribution in [0.25, 0.3) is 11.0 Å². The lowest BCUT2D eigenvalue weighted by atomic mass is 9.92. The van der Waals surface area contributed by atoms with Crippen LogP contribution in [0.4, 0.5) is 5.69 Å². The SMILES string of the molecule is Cn1nccc1[C@@H]1OCCC[C@H]1CNc1ccc2nc[nH]c2c1. The summed E-state index contributed by atoms with van der Waals surface area (Å²) in [5.41, 5.74) is 4.30. The number of nitrogens with one attached hydrogen (secondary N) is 2. The molecule has 0 bridgehead atoms. The summed E-state index contributed by atoms with van der Waals surface area (Å²) in [5.74, 6) is 0.441. The monoisotopic (exact) mass is 311 g/mol. The molecule has 0 unspecified atom stereocenters. The second-order valence-corrected chi connectivity index (χ2v) is 6.09. The van der Waals surface area contributed by atoms with E-state index in [0.717, 1.165) is 48.4 Å². The molecule has 0 amide bonds. The molecule has 3 heterocycles. The molecule has 120 valence electrons. The maximum atomic E-state index is 6.05. The third kappa shape index (κ3) is 2.82. The van der Waals surface area contributed by atoms with Crippen molar-refractivity contribution < 1.29 is 4.74 Å². The van der Waals surface area contributed by atoms with Gasteiger partial charge in [-0.2, -0.15) is 5.10 Å². The molecule has 6 nitrogen and oxygen atoms in total. The Balaban J connectivity index is 1.48. The van der Waals surface area contributed by atoms with E-state index in [2.05, 4.69) is 38.6 Å². The molecule has 0 saturated carbocycles. The van der Waals surface area contributed by atoms with Gasteiger partial charge in [-0.25, -0.2) is 4.98 Å². The summed E-state index contributed by atoms with van der Waals surface area (Å²) in [7, 11) is 1.98. The summed E-state index contributed by atoms with van der Waals surface area (Å²) in [6, 6.07) is 8.26. The van der Waals surface area contributed by atoms with Crippen molar-refractivity contribution in [2.24, 2.45) is 13.0 Å². The Kier molecular flexibility index (Phi) is 3.75. The van der Waals surface area contributed by atoms with Crippen LogP contribution in [0.3, 0.4) is 0 Å². The lowest BCUT2D eigenvalue weighted by Gasteiger charge is -2.32. The number of aryl methyl sites for hydroxylation is 1. The number of ether oxygens (including phenoxy) is 1. The second kappa shape index (κ2) is 6.04. The lowest BCUT2D eigenvalue weighted by Crippen LogP contribution is -2.29. The standard InChI is InChI=1S/C17H21N5O/c1-22-16(6-7-21-22)17-12(3-2-8-23-17)10-18-13-4-5-14-15(9-13)20-11-19-14/h4-7,9,11-12,17-18H,2-3,8,10H2,1H3,(H,19,20)/t12-,17+/m0/s1. The number of hydrogen-bond donors (Lipinski definition) is 2. The van der Waals surface area contributed by atoms with E-state index in [1.165, 1.54) is 0 Å². The number of aromatic nitrogens is 4. The molecule has 1 aliphatic rings. The van der Waals surface area contributed by atoms with Gasteiger partial charge in [-0.05, 0) is 37.1 Å². The van der Waals surface area contributed by atoms with Crippen molar-refractivity contribution in [1.29, 1.82) is 0 Å². The number of benzene rings is 1. The van der Waals surface area contributed by atoms with E-state index in [1.54, 1.807) is 6.33 Å². The van der Waals surface area contributed by atoms with E-state index >= 15 is 0 Å². The molecule has 1 aliphatic heterocycles. The molecule has 1 aromatic carbocycles. The van der Waals surface area contributed by atoms with Gasteiger partial charge in [0, 0.05) is 38.0 Å². The van der Waals surface area contributed by atoms with Crippen LogP contribution in [0.2, 0.25) is 0 Å². The number of rotatable bonds is 4. The number of fused-ring (bicyclic) bond motifs is 1. The van der Waals surface area contributed by atoms with E-state index in [1.807, 2.05) is 24.0 Å². The zero-order valence-corrected chi connectivity index (χ0v) is 13.2. The van der Waals surface area contributed by atoms with Crippen molar-refractivity contribution in [1.82, 2.24) is 19.7 Å². The Morgan fingerprint density at radius 2 is 2.35 bits per heavy atom. The maximum absolute atomic E-state index is 6.05. The lowest BCUT2D eigenvalue weighted by molar-refractivity contribution is -0.0284. The van der Waals surface area contributed by atoms with Crippen molar-refractivity contribution in [2.45, 2.75) is 18.9 Å². The molecule has 6 heteroatoms. The highest BCUT2D eigenvalue weighted by atomic mass is 16.5. The van der Waals surface area contributed by atoms with Crippen LogP contribution in [0.15, 0.2) is 36.8 Å². The highest BCUT2D eigenvalue weighted by Gasteiger charge is 2.29. The van der Waals surface area contributed by atoms with E-state index in [0.29, 0.717) is 5.92 Å². The van der Waals surface area contributed by atoms with Gasteiger partial charge in [0.25, 0.3) is 0 Å². The predicted octanol–water partition coefficient (Wildman–Crippen LogP) is 2.88. The minimum Gasteiger partial charge on any atom is -0.385 e. The summed E-state index contributed by atoms with van der Waals surface area (Å²) >= 11 is 0. The molecule has 4 rings (SSSR count). The van der Waals surface area contributed by atoms with Crippen LogP contribution in [0.1, 0.15) is 24.6 Å². The smallest absolute Gasteiger partial charge is 0.104 e. The van der Waals surface area contributed by atoms with E-state index in [-0.39, 0.29) is 6.10 Å². The summed E-state index contributed by atoms with van der Waals surface area (Å²) in [6.45, 7) is 1.71. The van der Waals surface area contributed by atoms with Crippen LogP contribution in [0, 0.1) is 5.92 Å². The first-order valence-corrected chi connectivity index (χ1v) is 8.08. The van der Waals surface area contributed by atoms with Crippen molar-refractivity contribution >= 4 is 16.7 Å². The van der Waals surface area contributed by atoms with Crippen molar-refractivity contribution in [3.8, 4) is 0 Å². The molecule has 0 radical (unpaired) electrons. The second-order valence-electron chi connectivity index (χ2n) is 6.09. The van der Waals surface area contributed by atoms with Crippen LogP contribution >= 0.6 is 0 Å². The van der Waals surface area contributed by atoms with Gasteiger partial charge in [-0.1, -0.05) is 0 Å². The van der Waals surface area contributed by atoms with Gasteiger partial charge in [0.05, 0.1) is 23.1 Å². The summed E-state index contributed by atoms with van der Waals surface area (Å²) in [6.07, 6.45) is 5.95. The van der Waals surface area contributed by atoms with Crippen molar-refractivity contribution in [3.05, 3.63) is 42.5 Å². The first-order chi connectivity index (χ1) is 11.3. The van der Waals surface area contributed by atoms with Crippen molar-refractivity contribution in [2.75, 3.05) is 18.5 Å². The van der Waals surface area contributed by atoms with Gasteiger partial charge >= 0.3 is 0 Å². The maximum Gasteiger partial charge on any atom is 0.104 e. The quantitative estimate of drug-likeness (QED) is 0.777. The Labute approximate surface area is 134 Å². The molecular weight excluding hydrogens is 290 g/mol. The molecule has 23 heavy (non-hydrogen) atoms. The van der Waals surface area contributed by atoms with Gasteiger partial charge in [0.1, 0.15) is 6.10 Å².